The first-order chi connectivity index (χ1) is 9.22. The number of rotatable bonds is 5. The Labute approximate surface area is 115 Å². The number of aromatic amines is 1. The van der Waals surface area contributed by atoms with E-state index < -0.39 is 0 Å². The molecule has 0 radical (unpaired) electrons. The Morgan fingerprint density at radius 2 is 2.37 bits per heavy atom. The average Bonchev–Trinajstić information content (AvgIpc) is 2.86. The number of H-pyrrole nitrogens is 1. The minimum atomic E-state index is -0.261. The van der Waals surface area contributed by atoms with E-state index in [0.717, 1.165) is 5.75 Å². The van der Waals surface area contributed by atoms with E-state index >= 15 is 0 Å². The van der Waals surface area contributed by atoms with Crippen molar-refractivity contribution in [2.75, 3.05) is 18.2 Å². The molecule has 0 saturated carbocycles. The molecule has 0 saturated heterocycles. The SMILES string of the molecule is CCSc1n[nH]c(NC(=O)c2cccc(OC)c2)n1. The van der Waals surface area contributed by atoms with Gasteiger partial charge in [0.25, 0.3) is 5.91 Å². The minimum absolute atomic E-state index is 0.261. The molecule has 1 aromatic heterocycles. The molecule has 6 nitrogen and oxygen atoms in total. The molecule has 1 amide bonds. The standard InChI is InChI=1S/C12H14N4O2S/c1-3-19-12-14-11(15-16-12)13-10(17)8-5-4-6-9(7-8)18-2/h4-7H,3H2,1-2H3,(H2,13,14,15,16,17). The molecule has 2 N–H and O–H groups in total. The molecule has 0 aliphatic carbocycles. The highest BCUT2D eigenvalue weighted by molar-refractivity contribution is 7.99. The van der Waals surface area contributed by atoms with Crippen LogP contribution in [0.5, 0.6) is 5.75 Å². The van der Waals surface area contributed by atoms with Crippen molar-refractivity contribution in [1.29, 1.82) is 0 Å². The highest BCUT2D eigenvalue weighted by atomic mass is 32.2. The zero-order valence-electron chi connectivity index (χ0n) is 10.6. The molecule has 2 aromatic rings. The van der Waals surface area contributed by atoms with Gasteiger partial charge in [-0.2, -0.15) is 4.98 Å². The zero-order chi connectivity index (χ0) is 13.7. The Kier molecular flexibility index (Phi) is 4.40. The normalized spacial score (nSPS) is 10.2. The summed E-state index contributed by atoms with van der Waals surface area (Å²) in [7, 11) is 1.56. The largest absolute Gasteiger partial charge is 0.497 e. The molecular formula is C12H14N4O2S. The lowest BCUT2D eigenvalue weighted by Gasteiger charge is -2.03. The number of anilines is 1. The van der Waals surface area contributed by atoms with Crippen molar-refractivity contribution in [2.45, 2.75) is 12.1 Å². The number of benzene rings is 1. The quantitative estimate of drug-likeness (QED) is 0.819. The predicted octanol–water partition coefficient (Wildman–Crippen LogP) is 2.18. The number of nitrogens with one attached hydrogen (secondary N) is 2. The number of thioether (sulfide) groups is 1. The number of ether oxygens (including phenoxy) is 1. The number of hydrogen-bond donors (Lipinski definition) is 2. The van der Waals surface area contributed by atoms with Gasteiger partial charge in [0, 0.05) is 5.56 Å². The lowest BCUT2D eigenvalue weighted by molar-refractivity contribution is 0.102. The molecule has 0 atom stereocenters. The summed E-state index contributed by atoms with van der Waals surface area (Å²) in [5, 5.41) is 9.91. The van der Waals surface area contributed by atoms with Gasteiger partial charge in [0.2, 0.25) is 11.1 Å². The lowest BCUT2D eigenvalue weighted by Crippen LogP contribution is -2.13. The third kappa shape index (κ3) is 3.47. The van der Waals surface area contributed by atoms with Crippen molar-refractivity contribution < 1.29 is 9.53 Å². The fourth-order valence-electron chi connectivity index (χ4n) is 1.44. The van der Waals surface area contributed by atoms with E-state index in [1.54, 1.807) is 31.4 Å². The van der Waals surface area contributed by atoms with Crippen LogP contribution in [-0.2, 0) is 0 Å². The lowest BCUT2D eigenvalue weighted by atomic mass is 10.2. The van der Waals surface area contributed by atoms with Crippen molar-refractivity contribution in [3.05, 3.63) is 29.8 Å². The van der Waals surface area contributed by atoms with Crippen molar-refractivity contribution >= 4 is 23.6 Å². The molecule has 0 unspecified atom stereocenters. The maximum Gasteiger partial charge on any atom is 0.258 e. The molecule has 2 rings (SSSR count). The number of aromatic nitrogens is 3. The van der Waals surface area contributed by atoms with Crippen LogP contribution >= 0.6 is 11.8 Å². The van der Waals surface area contributed by atoms with Gasteiger partial charge in [0.15, 0.2) is 0 Å². The first-order valence-electron chi connectivity index (χ1n) is 5.73. The highest BCUT2D eigenvalue weighted by Crippen LogP contribution is 2.15. The molecule has 19 heavy (non-hydrogen) atoms. The van der Waals surface area contributed by atoms with E-state index in [-0.39, 0.29) is 5.91 Å². The van der Waals surface area contributed by atoms with Gasteiger partial charge in [0.05, 0.1) is 7.11 Å². The maximum absolute atomic E-state index is 12.0. The Hall–Kier alpha value is -2.02. The van der Waals surface area contributed by atoms with Gasteiger partial charge in [0.1, 0.15) is 5.75 Å². The zero-order valence-corrected chi connectivity index (χ0v) is 11.5. The molecule has 0 bridgehead atoms. The van der Waals surface area contributed by atoms with Crippen LogP contribution in [0.15, 0.2) is 29.4 Å². The van der Waals surface area contributed by atoms with E-state index in [1.165, 1.54) is 11.8 Å². The topological polar surface area (TPSA) is 79.9 Å². The van der Waals surface area contributed by atoms with Crippen molar-refractivity contribution in [3.63, 3.8) is 0 Å². The van der Waals surface area contributed by atoms with E-state index in [2.05, 4.69) is 20.5 Å². The fraction of sp³-hybridized carbons (Fsp3) is 0.250. The van der Waals surface area contributed by atoms with Gasteiger partial charge >= 0.3 is 0 Å². The van der Waals surface area contributed by atoms with Crippen LogP contribution in [0, 0.1) is 0 Å². The summed E-state index contributed by atoms with van der Waals surface area (Å²) in [6.07, 6.45) is 0. The summed E-state index contributed by atoms with van der Waals surface area (Å²) < 4.78 is 5.07. The molecule has 7 heteroatoms. The van der Waals surface area contributed by atoms with Crippen LogP contribution in [0.3, 0.4) is 0 Å². The monoisotopic (exact) mass is 278 g/mol. The summed E-state index contributed by atoms with van der Waals surface area (Å²) in [4.78, 5) is 16.1. The van der Waals surface area contributed by atoms with Crippen molar-refractivity contribution in [2.24, 2.45) is 0 Å². The average molecular weight is 278 g/mol. The molecule has 0 aliphatic heterocycles. The maximum atomic E-state index is 12.0. The molecular weight excluding hydrogens is 264 g/mol. The van der Waals surface area contributed by atoms with Gasteiger partial charge in [-0.15, -0.1) is 5.10 Å². The Morgan fingerprint density at radius 1 is 1.53 bits per heavy atom. The minimum Gasteiger partial charge on any atom is -0.497 e. The van der Waals surface area contributed by atoms with E-state index in [0.29, 0.717) is 22.4 Å². The highest BCUT2D eigenvalue weighted by Gasteiger charge is 2.10. The van der Waals surface area contributed by atoms with Crippen LogP contribution < -0.4 is 10.1 Å². The molecule has 0 fully saturated rings. The summed E-state index contributed by atoms with van der Waals surface area (Å²) in [5.41, 5.74) is 0.500. The van der Waals surface area contributed by atoms with Gasteiger partial charge in [-0.1, -0.05) is 24.8 Å². The second-order valence-corrected chi connectivity index (χ2v) is 4.82. The van der Waals surface area contributed by atoms with Gasteiger partial charge in [-0.25, -0.2) is 5.10 Å². The molecule has 1 heterocycles. The van der Waals surface area contributed by atoms with Crippen LogP contribution in [0.1, 0.15) is 17.3 Å². The second-order valence-electron chi connectivity index (χ2n) is 3.59. The van der Waals surface area contributed by atoms with Crippen LogP contribution in [0.4, 0.5) is 5.95 Å². The molecule has 1 aromatic carbocycles. The van der Waals surface area contributed by atoms with E-state index in [4.69, 9.17) is 4.74 Å². The van der Waals surface area contributed by atoms with Crippen LogP contribution in [-0.4, -0.2) is 34.0 Å². The number of methoxy groups -OCH3 is 1. The summed E-state index contributed by atoms with van der Waals surface area (Å²) >= 11 is 1.50. The van der Waals surface area contributed by atoms with Gasteiger partial charge in [-0.3, -0.25) is 10.1 Å². The first kappa shape index (κ1) is 13.4. The molecule has 100 valence electrons. The Morgan fingerprint density at radius 3 is 3.11 bits per heavy atom. The Bertz CT molecular complexity index is 570. The number of carbonyl (C=O) groups is 1. The van der Waals surface area contributed by atoms with E-state index in [9.17, 15) is 4.79 Å². The number of amides is 1. The summed E-state index contributed by atoms with van der Waals surface area (Å²) in [6.45, 7) is 2.01. The van der Waals surface area contributed by atoms with Crippen molar-refractivity contribution in [3.8, 4) is 5.75 Å². The second kappa shape index (κ2) is 6.24. The van der Waals surface area contributed by atoms with Crippen molar-refractivity contribution in [1.82, 2.24) is 15.2 Å². The summed E-state index contributed by atoms with van der Waals surface area (Å²) in [6, 6.07) is 6.90. The molecule has 0 aliphatic rings. The third-order valence-electron chi connectivity index (χ3n) is 2.30. The van der Waals surface area contributed by atoms with Gasteiger partial charge in [-0.05, 0) is 24.0 Å². The first-order valence-corrected chi connectivity index (χ1v) is 6.72. The number of hydrogen-bond acceptors (Lipinski definition) is 5. The van der Waals surface area contributed by atoms with E-state index in [1.807, 2.05) is 6.92 Å². The summed E-state index contributed by atoms with van der Waals surface area (Å²) in [5.74, 6) is 1.58. The predicted molar refractivity (Wildman–Crippen MR) is 73.7 cm³/mol. The number of nitrogens with zero attached hydrogens (tertiary/aromatic N) is 2. The third-order valence-corrected chi connectivity index (χ3v) is 3.03. The van der Waals surface area contributed by atoms with Crippen LogP contribution in [0.2, 0.25) is 0 Å². The smallest absolute Gasteiger partial charge is 0.258 e. The molecule has 0 spiro atoms. The fourth-order valence-corrected chi connectivity index (χ4v) is 1.96. The Balaban J connectivity index is 2.06. The number of carbonyl (C=O) groups excluding carboxylic acids is 1. The van der Waals surface area contributed by atoms with Gasteiger partial charge < -0.3 is 4.74 Å². The van der Waals surface area contributed by atoms with Crippen LogP contribution in [0.25, 0.3) is 0 Å².